The number of halogens is 1. The summed E-state index contributed by atoms with van der Waals surface area (Å²) >= 11 is 0. The van der Waals surface area contributed by atoms with Crippen molar-refractivity contribution in [2.45, 2.75) is 64.8 Å². The summed E-state index contributed by atoms with van der Waals surface area (Å²) in [5.41, 5.74) is 2.17. The van der Waals surface area contributed by atoms with Crippen LogP contribution < -0.4 is 5.56 Å². The molecule has 1 aliphatic heterocycles. The third-order valence-electron chi connectivity index (χ3n) is 6.17. The number of pyridine rings is 1. The van der Waals surface area contributed by atoms with E-state index in [1.165, 1.54) is 12.1 Å². The van der Waals surface area contributed by atoms with Crippen LogP contribution in [-0.2, 0) is 11.3 Å². The molecular weight excluding hydrogens is 459 g/mol. The average Bonchev–Trinajstić information content (AvgIpc) is 2.84. The average molecular weight is 495 g/mol. The largest absolute Gasteiger partial charge is 0.446 e. The molecule has 1 fully saturated rings. The van der Waals surface area contributed by atoms with Gasteiger partial charge in [-0.1, -0.05) is 42.5 Å². The summed E-state index contributed by atoms with van der Waals surface area (Å²) < 4.78 is 19.1. The highest BCUT2D eigenvalue weighted by molar-refractivity contribution is 5.69. The second kappa shape index (κ2) is 12.0. The maximum absolute atomic E-state index is 12.5. The standard InChI is InChI=1S/C23H30N2O4.C6H5F/c1-5-24-15-19(10-11-21(24)26)18-8-6-17(7-9-18)16(2)25-13-12-20(29-22(25)27)14-23(3,4)28;7-6-4-2-1-3-5-6/h6-11,15-16,20,28H,5,12-14H2,1-4H3;1-5H. The number of hydrogen-bond acceptors (Lipinski definition) is 4. The van der Waals surface area contributed by atoms with Crippen LogP contribution >= 0.6 is 0 Å². The highest BCUT2D eigenvalue weighted by atomic mass is 19.1. The summed E-state index contributed by atoms with van der Waals surface area (Å²) in [6, 6.07) is 19.3. The van der Waals surface area contributed by atoms with Crippen molar-refractivity contribution in [1.82, 2.24) is 9.47 Å². The number of hydrogen-bond donors (Lipinski definition) is 1. The van der Waals surface area contributed by atoms with Crippen LogP contribution in [0.5, 0.6) is 0 Å². The number of rotatable bonds is 6. The number of ether oxygens (including phenoxy) is 1. The van der Waals surface area contributed by atoms with Gasteiger partial charge in [-0.25, -0.2) is 9.18 Å². The van der Waals surface area contributed by atoms with Crippen LogP contribution in [-0.4, -0.2) is 38.9 Å². The van der Waals surface area contributed by atoms with Crippen molar-refractivity contribution < 1.29 is 19.0 Å². The lowest BCUT2D eigenvalue weighted by Crippen LogP contribution is -2.45. The minimum Gasteiger partial charge on any atom is -0.446 e. The lowest BCUT2D eigenvalue weighted by Gasteiger charge is -2.37. The molecule has 36 heavy (non-hydrogen) atoms. The lowest BCUT2D eigenvalue weighted by atomic mass is 9.97. The van der Waals surface area contributed by atoms with Gasteiger partial charge >= 0.3 is 6.09 Å². The fourth-order valence-electron chi connectivity index (χ4n) is 4.19. The van der Waals surface area contributed by atoms with Crippen LogP contribution in [0.2, 0.25) is 0 Å². The van der Waals surface area contributed by atoms with Crippen LogP contribution in [0.15, 0.2) is 77.7 Å². The molecule has 0 aliphatic carbocycles. The van der Waals surface area contributed by atoms with Crippen molar-refractivity contribution in [3.63, 3.8) is 0 Å². The van der Waals surface area contributed by atoms with E-state index in [0.717, 1.165) is 16.7 Å². The molecule has 0 spiro atoms. The molecule has 1 aromatic heterocycles. The Hall–Kier alpha value is -3.45. The van der Waals surface area contributed by atoms with Crippen LogP contribution in [0.25, 0.3) is 11.1 Å². The second-order valence-corrected chi connectivity index (χ2v) is 9.64. The van der Waals surface area contributed by atoms with Crippen molar-refractivity contribution in [2.24, 2.45) is 0 Å². The Balaban J connectivity index is 0.000000444. The van der Waals surface area contributed by atoms with Gasteiger partial charge in [-0.3, -0.25) is 4.79 Å². The van der Waals surface area contributed by atoms with Crippen LogP contribution in [0.4, 0.5) is 9.18 Å². The van der Waals surface area contributed by atoms with Gasteiger partial charge in [0.25, 0.3) is 5.56 Å². The molecule has 4 rings (SSSR count). The molecule has 0 saturated carbocycles. The minimum atomic E-state index is -0.852. The first-order valence-electron chi connectivity index (χ1n) is 12.3. The summed E-state index contributed by atoms with van der Waals surface area (Å²) in [5.74, 6) is -0.178. The number of benzene rings is 2. The van der Waals surface area contributed by atoms with Crippen LogP contribution in [0.3, 0.4) is 0 Å². The van der Waals surface area contributed by atoms with E-state index in [4.69, 9.17) is 4.74 Å². The minimum absolute atomic E-state index is 0.00649. The third-order valence-corrected chi connectivity index (χ3v) is 6.17. The molecule has 1 amide bonds. The Bertz CT molecular complexity index is 1190. The number of aliphatic hydroxyl groups is 1. The molecule has 1 aliphatic rings. The maximum atomic E-state index is 12.5. The van der Waals surface area contributed by atoms with E-state index in [1.807, 2.05) is 50.4 Å². The molecule has 1 saturated heterocycles. The summed E-state index contributed by atoms with van der Waals surface area (Å²) in [6.45, 7) is 8.62. The Morgan fingerprint density at radius 3 is 2.19 bits per heavy atom. The zero-order chi connectivity index (χ0) is 26.3. The van der Waals surface area contributed by atoms with Gasteiger partial charge in [0, 0.05) is 38.2 Å². The Morgan fingerprint density at radius 2 is 1.67 bits per heavy atom. The number of cyclic esters (lactones) is 1. The van der Waals surface area contributed by atoms with E-state index >= 15 is 0 Å². The van der Waals surface area contributed by atoms with E-state index in [-0.39, 0.29) is 29.6 Å². The second-order valence-electron chi connectivity index (χ2n) is 9.64. The van der Waals surface area contributed by atoms with Crippen molar-refractivity contribution in [2.75, 3.05) is 6.54 Å². The quantitative estimate of drug-likeness (QED) is 0.471. The number of carbonyl (C=O) groups excluding carboxylic acids is 1. The molecule has 1 N–H and O–H groups in total. The van der Waals surface area contributed by atoms with Crippen molar-refractivity contribution in [1.29, 1.82) is 0 Å². The van der Waals surface area contributed by atoms with Crippen LogP contribution in [0.1, 0.15) is 52.1 Å². The maximum Gasteiger partial charge on any atom is 0.410 e. The fourth-order valence-corrected chi connectivity index (χ4v) is 4.19. The lowest BCUT2D eigenvalue weighted by molar-refractivity contribution is -0.0309. The van der Waals surface area contributed by atoms with Gasteiger partial charge < -0.3 is 19.3 Å². The summed E-state index contributed by atoms with van der Waals surface area (Å²) in [4.78, 5) is 26.0. The van der Waals surface area contributed by atoms with E-state index in [9.17, 15) is 19.1 Å². The fraction of sp³-hybridized carbons (Fsp3) is 0.379. The molecule has 7 heteroatoms. The molecule has 6 nitrogen and oxygen atoms in total. The number of aryl methyl sites for hydroxylation is 1. The van der Waals surface area contributed by atoms with E-state index < -0.39 is 5.60 Å². The smallest absolute Gasteiger partial charge is 0.410 e. The highest BCUT2D eigenvalue weighted by Crippen LogP contribution is 2.29. The number of carbonyl (C=O) groups is 1. The molecule has 192 valence electrons. The van der Waals surface area contributed by atoms with Gasteiger partial charge in [0.1, 0.15) is 11.9 Å². The van der Waals surface area contributed by atoms with Gasteiger partial charge in [0.15, 0.2) is 0 Å². The van der Waals surface area contributed by atoms with Gasteiger partial charge in [0.05, 0.1) is 11.6 Å². The van der Waals surface area contributed by atoms with Gasteiger partial charge in [-0.15, -0.1) is 0 Å². The number of amides is 1. The predicted octanol–water partition coefficient (Wildman–Crippen LogP) is 5.79. The molecule has 2 unspecified atom stereocenters. The Morgan fingerprint density at radius 1 is 1.03 bits per heavy atom. The Labute approximate surface area is 212 Å². The molecular formula is C29H35FN2O4. The first-order chi connectivity index (χ1) is 17.1. The molecule has 2 aromatic carbocycles. The summed E-state index contributed by atoms with van der Waals surface area (Å²) in [7, 11) is 0. The first-order valence-corrected chi connectivity index (χ1v) is 12.3. The van der Waals surface area contributed by atoms with Crippen molar-refractivity contribution >= 4 is 6.09 Å². The molecule has 2 atom stereocenters. The monoisotopic (exact) mass is 494 g/mol. The zero-order valence-electron chi connectivity index (χ0n) is 21.4. The summed E-state index contributed by atoms with van der Waals surface area (Å²) in [6.07, 6.45) is 2.43. The van der Waals surface area contributed by atoms with E-state index in [1.54, 1.807) is 47.6 Å². The number of aromatic nitrogens is 1. The van der Waals surface area contributed by atoms with E-state index in [2.05, 4.69) is 0 Å². The SMILES string of the molecule is CCn1cc(-c2ccc(C(C)N3CCC(CC(C)(C)O)OC3=O)cc2)ccc1=O.Fc1ccccc1. The first kappa shape index (κ1) is 27.1. The topological polar surface area (TPSA) is 71.8 Å². The molecule has 2 heterocycles. The van der Waals surface area contributed by atoms with Gasteiger partial charge in [-0.2, -0.15) is 0 Å². The van der Waals surface area contributed by atoms with Crippen LogP contribution in [0, 0.1) is 5.82 Å². The van der Waals surface area contributed by atoms with Gasteiger partial charge in [-0.05, 0) is 62.6 Å². The predicted molar refractivity (Wildman–Crippen MR) is 139 cm³/mol. The van der Waals surface area contributed by atoms with Crippen molar-refractivity contribution in [3.05, 3.63) is 94.7 Å². The highest BCUT2D eigenvalue weighted by Gasteiger charge is 2.33. The number of nitrogens with zero attached hydrogens (tertiary/aromatic N) is 2. The van der Waals surface area contributed by atoms with Crippen molar-refractivity contribution in [3.8, 4) is 11.1 Å². The normalized spacial score (nSPS) is 16.6. The molecule has 0 radical (unpaired) electrons. The molecule has 0 bridgehead atoms. The Kier molecular flexibility index (Phi) is 9.04. The molecule has 3 aromatic rings. The summed E-state index contributed by atoms with van der Waals surface area (Å²) in [5, 5.41) is 9.95. The van der Waals surface area contributed by atoms with Gasteiger partial charge in [0.2, 0.25) is 0 Å². The van der Waals surface area contributed by atoms with E-state index in [0.29, 0.717) is 25.9 Å². The third kappa shape index (κ3) is 7.52. The zero-order valence-corrected chi connectivity index (χ0v) is 21.4.